The molecule has 1 amide bonds. The Morgan fingerprint density at radius 3 is 2.52 bits per heavy atom. The molecular weight excluding hydrogens is 388 g/mol. The van der Waals surface area contributed by atoms with E-state index in [1.54, 1.807) is 10.9 Å². The lowest BCUT2D eigenvalue weighted by Crippen LogP contribution is -2.51. The van der Waals surface area contributed by atoms with Crippen molar-refractivity contribution in [3.63, 3.8) is 0 Å². The van der Waals surface area contributed by atoms with Gasteiger partial charge in [-0.15, -0.1) is 0 Å². The van der Waals surface area contributed by atoms with E-state index >= 15 is 0 Å². The summed E-state index contributed by atoms with van der Waals surface area (Å²) in [5.41, 5.74) is 3.22. The summed E-state index contributed by atoms with van der Waals surface area (Å²) in [5, 5.41) is 5.40. The van der Waals surface area contributed by atoms with Crippen molar-refractivity contribution in [2.75, 3.05) is 13.6 Å². The minimum absolute atomic E-state index is 0.0621. The molecule has 6 nitrogen and oxygen atoms in total. The summed E-state index contributed by atoms with van der Waals surface area (Å²) in [7, 11) is 3.85. The molecule has 4 bridgehead atoms. The van der Waals surface area contributed by atoms with Crippen molar-refractivity contribution in [3.05, 3.63) is 35.7 Å². The van der Waals surface area contributed by atoms with Crippen LogP contribution < -0.4 is 0 Å². The molecule has 0 saturated heterocycles. The van der Waals surface area contributed by atoms with Crippen molar-refractivity contribution in [1.82, 2.24) is 19.7 Å². The van der Waals surface area contributed by atoms with Crippen molar-refractivity contribution >= 4 is 16.9 Å². The van der Waals surface area contributed by atoms with Gasteiger partial charge in [-0.3, -0.25) is 9.48 Å². The van der Waals surface area contributed by atoms with E-state index in [9.17, 15) is 4.79 Å². The lowest BCUT2D eigenvalue weighted by atomic mass is 9.49. The van der Waals surface area contributed by atoms with Gasteiger partial charge in [-0.25, -0.2) is 4.98 Å². The van der Waals surface area contributed by atoms with Gasteiger partial charge in [-0.05, 0) is 86.8 Å². The number of pyridine rings is 1. The second-order valence-electron chi connectivity index (χ2n) is 10.5. The Labute approximate surface area is 182 Å². The van der Waals surface area contributed by atoms with E-state index in [2.05, 4.69) is 5.10 Å². The number of aromatic nitrogens is 3. The van der Waals surface area contributed by atoms with Gasteiger partial charge in [0, 0.05) is 20.6 Å². The molecule has 4 aliphatic rings. The molecule has 6 heteroatoms. The third-order valence-corrected chi connectivity index (χ3v) is 8.06. The largest absolute Gasteiger partial charge is 0.463 e. The van der Waals surface area contributed by atoms with Gasteiger partial charge < -0.3 is 9.32 Å². The van der Waals surface area contributed by atoms with Crippen molar-refractivity contribution in [2.24, 2.45) is 30.2 Å². The summed E-state index contributed by atoms with van der Waals surface area (Å²) in [5.74, 6) is 3.38. The van der Waals surface area contributed by atoms with Gasteiger partial charge in [0.1, 0.15) is 5.69 Å². The lowest BCUT2D eigenvalue weighted by molar-refractivity contribution is -0.0628. The summed E-state index contributed by atoms with van der Waals surface area (Å²) < 4.78 is 7.34. The number of carbonyl (C=O) groups is 1. The Hall–Kier alpha value is -2.63. The fourth-order valence-electron chi connectivity index (χ4n) is 7.43. The Morgan fingerprint density at radius 1 is 1.23 bits per heavy atom. The average Bonchev–Trinajstić information content (AvgIpc) is 3.34. The Morgan fingerprint density at radius 2 is 1.90 bits per heavy atom. The van der Waals surface area contributed by atoms with E-state index in [0.717, 1.165) is 41.0 Å². The fourth-order valence-corrected chi connectivity index (χ4v) is 7.43. The number of aryl methyl sites for hydroxylation is 2. The maximum atomic E-state index is 13.8. The van der Waals surface area contributed by atoms with Crippen molar-refractivity contribution in [1.29, 1.82) is 0 Å². The van der Waals surface area contributed by atoms with E-state index in [1.165, 1.54) is 38.5 Å². The second-order valence-corrected chi connectivity index (χ2v) is 10.5. The molecule has 0 unspecified atom stereocenters. The maximum absolute atomic E-state index is 13.8. The molecule has 0 aliphatic heterocycles. The summed E-state index contributed by atoms with van der Waals surface area (Å²) in [6.45, 7) is 2.81. The van der Waals surface area contributed by atoms with Gasteiger partial charge >= 0.3 is 0 Å². The number of fused-ring (bicyclic) bond motifs is 1. The minimum atomic E-state index is 0.0621. The molecule has 0 N–H and O–H groups in total. The zero-order valence-electron chi connectivity index (χ0n) is 18.6. The Kier molecular flexibility index (Phi) is 4.11. The molecule has 3 heterocycles. The molecule has 0 spiro atoms. The normalized spacial score (nSPS) is 29.1. The third-order valence-electron chi connectivity index (χ3n) is 8.06. The average molecular weight is 419 g/mol. The number of hydrogen-bond acceptors (Lipinski definition) is 4. The molecule has 3 aromatic rings. The van der Waals surface area contributed by atoms with Crippen LogP contribution in [0.3, 0.4) is 0 Å². The number of nitrogens with zero attached hydrogens (tertiary/aromatic N) is 4. The Balaban J connectivity index is 1.37. The van der Waals surface area contributed by atoms with Gasteiger partial charge in [0.05, 0.1) is 22.9 Å². The predicted molar refractivity (Wildman–Crippen MR) is 119 cm³/mol. The predicted octanol–water partition coefficient (Wildman–Crippen LogP) is 4.83. The van der Waals surface area contributed by atoms with Crippen molar-refractivity contribution in [2.45, 2.75) is 45.4 Å². The molecule has 4 fully saturated rings. The minimum Gasteiger partial charge on any atom is -0.463 e. The first-order valence-electron chi connectivity index (χ1n) is 11.5. The molecule has 0 atom stereocenters. The standard InChI is InChI=1S/C25H30N4O2/c1-15-22-19(10-20(21-5-4-6-31-21)26-23(22)29(3)27-15)24(30)28(2)14-25-11-16-7-17(12-25)9-18(8-16)13-25/h4-6,10,16-18H,7-9,11-14H2,1-3H3. The van der Waals surface area contributed by atoms with Crippen LogP contribution in [0.15, 0.2) is 28.9 Å². The summed E-state index contributed by atoms with van der Waals surface area (Å²) in [6.07, 6.45) is 9.79. The van der Waals surface area contributed by atoms with E-state index in [1.807, 2.05) is 44.1 Å². The van der Waals surface area contributed by atoms with Gasteiger partial charge in [0.15, 0.2) is 11.4 Å². The Bertz CT molecular complexity index is 1120. The molecule has 7 rings (SSSR count). The monoisotopic (exact) mass is 418 g/mol. The van der Waals surface area contributed by atoms with Crippen LogP contribution in [0.2, 0.25) is 0 Å². The highest BCUT2D eigenvalue weighted by Gasteiger charge is 2.51. The van der Waals surface area contributed by atoms with Crippen LogP contribution in [0, 0.1) is 30.1 Å². The fraction of sp³-hybridized carbons (Fsp3) is 0.560. The number of carbonyl (C=O) groups excluding carboxylic acids is 1. The highest BCUT2D eigenvalue weighted by molar-refractivity contribution is 6.07. The smallest absolute Gasteiger partial charge is 0.254 e. The number of furan rings is 1. The van der Waals surface area contributed by atoms with Crippen molar-refractivity contribution in [3.8, 4) is 11.5 Å². The topological polar surface area (TPSA) is 64.2 Å². The molecule has 4 saturated carbocycles. The molecular formula is C25H30N4O2. The first-order valence-corrected chi connectivity index (χ1v) is 11.5. The second kappa shape index (κ2) is 6.68. The highest BCUT2D eigenvalue weighted by Crippen LogP contribution is 2.60. The maximum Gasteiger partial charge on any atom is 0.254 e. The summed E-state index contributed by atoms with van der Waals surface area (Å²) in [4.78, 5) is 20.5. The summed E-state index contributed by atoms with van der Waals surface area (Å²) in [6, 6.07) is 5.61. The highest BCUT2D eigenvalue weighted by atomic mass is 16.3. The number of rotatable bonds is 4. The van der Waals surface area contributed by atoms with Gasteiger partial charge in [0.25, 0.3) is 5.91 Å². The van der Waals surface area contributed by atoms with Gasteiger partial charge in [-0.2, -0.15) is 5.10 Å². The molecule has 0 radical (unpaired) electrons. The van der Waals surface area contributed by atoms with Crippen LogP contribution in [0.1, 0.15) is 54.6 Å². The first-order chi connectivity index (χ1) is 14.9. The molecule has 4 aliphatic carbocycles. The van der Waals surface area contributed by atoms with Crippen LogP contribution in [0.4, 0.5) is 0 Å². The van der Waals surface area contributed by atoms with E-state index < -0.39 is 0 Å². The van der Waals surface area contributed by atoms with E-state index in [-0.39, 0.29) is 5.91 Å². The van der Waals surface area contributed by atoms with Crippen LogP contribution in [-0.2, 0) is 7.05 Å². The SMILES string of the molecule is Cc1nn(C)c2nc(-c3ccco3)cc(C(=O)N(C)CC34CC5CC(CC(C5)C3)C4)c12. The van der Waals surface area contributed by atoms with E-state index in [0.29, 0.717) is 22.4 Å². The quantitative estimate of drug-likeness (QED) is 0.609. The van der Waals surface area contributed by atoms with Crippen LogP contribution in [0.25, 0.3) is 22.5 Å². The van der Waals surface area contributed by atoms with Crippen LogP contribution in [0.5, 0.6) is 0 Å². The molecule has 31 heavy (non-hydrogen) atoms. The number of amides is 1. The molecule has 3 aromatic heterocycles. The van der Waals surface area contributed by atoms with Crippen molar-refractivity contribution < 1.29 is 9.21 Å². The molecule has 0 aromatic carbocycles. The first kappa shape index (κ1) is 19.1. The van der Waals surface area contributed by atoms with Gasteiger partial charge in [0.2, 0.25) is 0 Å². The zero-order valence-corrected chi connectivity index (χ0v) is 18.6. The summed E-state index contributed by atoms with van der Waals surface area (Å²) >= 11 is 0. The van der Waals surface area contributed by atoms with Crippen LogP contribution >= 0.6 is 0 Å². The van der Waals surface area contributed by atoms with Gasteiger partial charge in [-0.1, -0.05) is 0 Å². The zero-order chi connectivity index (χ0) is 21.3. The third kappa shape index (κ3) is 3.02. The number of hydrogen-bond donors (Lipinski definition) is 0. The lowest BCUT2D eigenvalue weighted by Gasteiger charge is -2.57. The molecule has 162 valence electrons. The van der Waals surface area contributed by atoms with E-state index in [4.69, 9.17) is 9.40 Å². The van der Waals surface area contributed by atoms with Crippen LogP contribution in [-0.4, -0.2) is 39.2 Å².